The SMILES string of the molecule is CCC(C)C1CCC(C2CCC(C3CCCCC3C3C4CCCCC4C(C4CC5CCCCC5C5CCCCC54)C4CCCCC43)CC2)CC1. The maximum atomic E-state index is 2.54. The number of rotatable bonds is 6. The maximum absolute atomic E-state index is 2.54. The van der Waals surface area contributed by atoms with Crippen LogP contribution in [0.5, 0.6) is 0 Å². The monoisotopic (exact) mass is 685 g/mol. The summed E-state index contributed by atoms with van der Waals surface area (Å²) in [5.74, 6) is 20.0. The third kappa shape index (κ3) is 6.79. The van der Waals surface area contributed by atoms with E-state index in [-0.39, 0.29) is 0 Å². The summed E-state index contributed by atoms with van der Waals surface area (Å²) in [6.45, 7) is 4.97. The van der Waals surface area contributed by atoms with Gasteiger partial charge in [-0.1, -0.05) is 90.9 Å². The van der Waals surface area contributed by atoms with E-state index >= 15 is 0 Å². The highest BCUT2D eigenvalue weighted by Crippen LogP contribution is 2.66. The van der Waals surface area contributed by atoms with Crippen molar-refractivity contribution in [1.29, 1.82) is 0 Å². The van der Waals surface area contributed by atoms with Gasteiger partial charge >= 0.3 is 0 Å². The summed E-state index contributed by atoms with van der Waals surface area (Å²) < 4.78 is 0. The molecule has 9 rings (SSSR count). The lowest BCUT2D eigenvalue weighted by Crippen LogP contribution is -2.57. The fraction of sp³-hybridized carbons (Fsp3) is 1.00. The highest BCUT2D eigenvalue weighted by atomic mass is 14.6. The molecule has 0 nitrogen and oxygen atoms in total. The molecular weight excluding hydrogens is 601 g/mol. The van der Waals surface area contributed by atoms with Crippen LogP contribution in [0.15, 0.2) is 0 Å². The summed E-state index contributed by atoms with van der Waals surface area (Å²) in [5.41, 5.74) is 0. The summed E-state index contributed by atoms with van der Waals surface area (Å²) in [6, 6.07) is 0. The molecule has 284 valence electrons. The Morgan fingerprint density at radius 3 is 1.16 bits per heavy atom. The van der Waals surface area contributed by atoms with Crippen LogP contribution in [0.4, 0.5) is 0 Å². The van der Waals surface area contributed by atoms with Crippen molar-refractivity contribution in [2.24, 2.45) is 107 Å². The van der Waals surface area contributed by atoms with Crippen molar-refractivity contribution in [3.05, 3.63) is 0 Å². The van der Waals surface area contributed by atoms with Crippen LogP contribution < -0.4 is 0 Å². The van der Waals surface area contributed by atoms with E-state index in [0.29, 0.717) is 0 Å². The second kappa shape index (κ2) is 16.0. The van der Waals surface area contributed by atoms with Crippen molar-refractivity contribution in [2.75, 3.05) is 0 Å². The molecule has 0 saturated heterocycles. The molecule has 0 heterocycles. The maximum Gasteiger partial charge on any atom is -0.0321 e. The minimum atomic E-state index is 0.966. The topological polar surface area (TPSA) is 0 Å². The van der Waals surface area contributed by atoms with Crippen molar-refractivity contribution in [3.63, 3.8) is 0 Å². The molecule has 0 aromatic heterocycles. The Morgan fingerprint density at radius 1 is 0.320 bits per heavy atom. The molecule has 9 aliphatic rings. The van der Waals surface area contributed by atoms with Gasteiger partial charge in [0.05, 0.1) is 0 Å². The van der Waals surface area contributed by atoms with E-state index in [1.807, 2.05) is 0 Å². The Kier molecular flexibility index (Phi) is 11.4. The Morgan fingerprint density at radius 2 is 0.660 bits per heavy atom. The second-order valence-corrected chi connectivity index (χ2v) is 21.9. The molecule has 0 aromatic rings. The fourth-order valence-corrected chi connectivity index (χ4v) is 18.3. The van der Waals surface area contributed by atoms with Crippen LogP contribution in [0.1, 0.15) is 206 Å². The third-order valence-electron chi connectivity index (χ3n) is 20.5. The van der Waals surface area contributed by atoms with Gasteiger partial charge in [0.1, 0.15) is 0 Å². The van der Waals surface area contributed by atoms with Crippen LogP contribution in [0.3, 0.4) is 0 Å². The molecule has 0 radical (unpaired) electrons. The molecule has 0 amide bonds. The smallest absolute Gasteiger partial charge is 0.0321 e. The average molecular weight is 685 g/mol. The van der Waals surface area contributed by atoms with E-state index in [1.165, 1.54) is 6.42 Å². The molecule has 12 unspecified atom stereocenters. The quantitative estimate of drug-likeness (QED) is 0.261. The van der Waals surface area contributed by atoms with Gasteiger partial charge in [-0.25, -0.2) is 0 Å². The van der Waals surface area contributed by atoms with E-state index in [0.717, 1.165) is 107 Å². The zero-order valence-corrected chi connectivity index (χ0v) is 33.6. The van der Waals surface area contributed by atoms with E-state index in [9.17, 15) is 0 Å². The number of hydrogen-bond acceptors (Lipinski definition) is 0. The minimum Gasteiger partial charge on any atom is -0.0651 e. The highest BCUT2D eigenvalue weighted by molar-refractivity contribution is 5.08. The summed E-state index contributed by atoms with van der Waals surface area (Å²) in [6.07, 6.45) is 48.0. The van der Waals surface area contributed by atoms with Crippen LogP contribution in [-0.2, 0) is 0 Å². The van der Waals surface area contributed by atoms with Gasteiger partial charge in [-0.3, -0.25) is 0 Å². The van der Waals surface area contributed by atoms with Crippen molar-refractivity contribution in [1.82, 2.24) is 0 Å². The standard InChI is InChI=1S/C50H84/c1-3-33(2)34-24-26-35(27-25-34)36-28-30-37(31-29-36)39-15-6-9-19-43(39)49-44-20-10-12-22-46(44)50(47-23-13-11-21-45(47)49)48-32-38-14-4-5-16-40(38)41-17-7-8-18-42(41)48/h33-50H,3-32H2,1-2H3. The van der Waals surface area contributed by atoms with Crippen LogP contribution in [0, 0.1) is 107 Å². The molecule has 0 heteroatoms. The molecule has 0 spiro atoms. The first kappa shape index (κ1) is 35.7. The van der Waals surface area contributed by atoms with Gasteiger partial charge in [0.25, 0.3) is 0 Å². The molecule has 0 N–H and O–H groups in total. The summed E-state index contributed by atoms with van der Waals surface area (Å²) >= 11 is 0. The molecule has 12 atom stereocenters. The van der Waals surface area contributed by atoms with Crippen molar-refractivity contribution in [2.45, 2.75) is 206 Å². The number of fused-ring (bicyclic) bond motifs is 5. The van der Waals surface area contributed by atoms with Gasteiger partial charge in [0.15, 0.2) is 0 Å². The molecule has 0 aromatic carbocycles. The van der Waals surface area contributed by atoms with Crippen LogP contribution in [0.25, 0.3) is 0 Å². The second-order valence-electron chi connectivity index (χ2n) is 21.9. The molecule has 0 bridgehead atoms. The predicted octanol–water partition coefficient (Wildman–Crippen LogP) is 14.9. The van der Waals surface area contributed by atoms with E-state index in [1.54, 1.807) is 186 Å². The average Bonchev–Trinajstić information content (AvgIpc) is 3.19. The lowest BCUT2D eigenvalue weighted by atomic mass is 9.41. The zero-order chi connectivity index (χ0) is 33.6. The van der Waals surface area contributed by atoms with Crippen molar-refractivity contribution >= 4 is 0 Å². The predicted molar refractivity (Wildman–Crippen MR) is 213 cm³/mol. The van der Waals surface area contributed by atoms with Gasteiger partial charge in [-0.05, 0) is 222 Å². The normalized spacial score (nSPS) is 52.1. The Bertz CT molecular complexity index is 1030. The van der Waals surface area contributed by atoms with Gasteiger partial charge in [0, 0.05) is 0 Å². The first-order chi connectivity index (χ1) is 24.7. The molecule has 0 aliphatic heterocycles. The summed E-state index contributed by atoms with van der Waals surface area (Å²) in [5, 5.41) is 0. The Balaban J connectivity index is 0.937. The largest absolute Gasteiger partial charge is 0.0651 e. The molecule has 9 saturated carbocycles. The first-order valence-electron chi connectivity index (χ1n) is 24.7. The highest BCUT2D eigenvalue weighted by Gasteiger charge is 2.59. The van der Waals surface area contributed by atoms with Crippen molar-refractivity contribution < 1.29 is 0 Å². The lowest BCUT2D eigenvalue weighted by Gasteiger charge is -2.64. The van der Waals surface area contributed by atoms with Crippen LogP contribution in [0.2, 0.25) is 0 Å². The first-order valence-corrected chi connectivity index (χ1v) is 24.7. The van der Waals surface area contributed by atoms with Gasteiger partial charge in [-0.2, -0.15) is 0 Å². The van der Waals surface area contributed by atoms with Crippen LogP contribution in [-0.4, -0.2) is 0 Å². The zero-order valence-electron chi connectivity index (χ0n) is 33.6. The third-order valence-corrected chi connectivity index (χ3v) is 20.5. The number of hydrogen-bond donors (Lipinski definition) is 0. The van der Waals surface area contributed by atoms with E-state index < -0.39 is 0 Å². The Labute approximate surface area is 312 Å². The summed E-state index contributed by atoms with van der Waals surface area (Å²) in [7, 11) is 0. The minimum absolute atomic E-state index is 0.966. The van der Waals surface area contributed by atoms with Crippen molar-refractivity contribution in [3.8, 4) is 0 Å². The van der Waals surface area contributed by atoms with E-state index in [2.05, 4.69) is 13.8 Å². The lowest BCUT2D eigenvalue weighted by molar-refractivity contribution is -0.151. The summed E-state index contributed by atoms with van der Waals surface area (Å²) in [4.78, 5) is 0. The molecular formula is C50H84. The molecule has 50 heavy (non-hydrogen) atoms. The van der Waals surface area contributed by atoms with Gasteiger partial charge in [0.2, 0.25) is 0 Å². The fourth-order valence-electron chi connectivity index (χ4n) is 18.3. The molecule has 9 aliphatic carbocycles. The van der Waals surface area contributed by atoms with Gasteiger partial charge < -0.3 is 0 Å². The van der Waals surface area contributed by atoms with E-state index in [4.69, 9.17) is 0 Å². The van der Waals surface area contributed by atoms with Crippen LogP contribution >= 0.6 is 0 Å². The molecule has 9 fully saturated rings. The van der Waals surface area contributed by atoms with Gasteiger partial charge in [-0.15, -0.1) is 0 Å². The Hall–Kier alpha value is 0.